The van der Waals surface area contributed by atoms with Crippen LogP contribution in [0.2, 0.25) is 0 Å². The van der Waals surface area contributed by atoms with Gasteiger partial charge in [-0.25, -0.2) is 0 Å². The molecule has 0 spiro atoms. The van der Waals surface area contributed by atoms with Crippen molar-refractivity contribution < 1.29 is 14.1 Å². The summed E-state index contributed by atoms with van der Waals surface area (Å²) in [4.78, 5) is 14.5. The highest BCUT2D eigenvalue weighted by Gasteiger charge is 2.51. The van der Waals surface area contributed by atoms with E-state index in [1.807, 2.05) is 56.9 Å². The molecule has 1 aromatic rings. The first-order chi connectivity index (χ1) is 10.8. The SMILES string of the molecule is CC1(C)OB(c2cccc(C(=O)N3CCNCC3)c2)OC1(C)C. The van der Waals surface area contributed by atoms with Crippen molar-refractivity contribution in [2.45, 2.75) is 38.9 Å². The van der Waals surface area contributed by atoms with Crippen LogP contribution in [0.25, 0.3) is 0 Å². The van der Waals surface area contributed by atoms with Gasteiger partial charge < -0.3 is 19.5 Å². The zero-order valence-corrected chi connectivity index (χ0v) is 14.4. The number of hydrogen-bond donors (Lipinski definition) is 1. The second kappa shape index (κ2) is 5.93. The van der Waals surface area contributed by atoms with E-state index >= 15 is 0 Å². The lowest BCUT2D eigenvalue weighted by Crippen LogP contribution is -2.46. The molecule has 0 radical (unpaired) electrons. The van der Waals surface area contributed by atoms with Gasteiger partial charge >= 0.3 is 7.12 Å². The Kier molecular flexibility index (Phi) is 4.25. The third-order valence-electron chi connectivity index (χ3n) is 5.06. The van der Waals surface area contributed by atoms with Crippen LogP contribution in [-0.2, 0) is 9.31 Å². The van der Waals surface area contributed by atoms with E-state index in [1.165, 1.54) is 0 Å². The van der Waals surface area contributed by atoms with Crippen molar-refractivity contribution in [3.8, 4) is 0 Å². The smallest absolute Gasteiger partial charge is 0.399 e. The Bertz CT molecular complexity index is 581. The van der Waals surface area contributed by atoms with Crippen LogP contribution >= 0.6 is 0 Å². The van der Waals surface area contributed by atoms with Crippen LogP contribution in [0.4, 0.5) is 0 Å². The Morgan fingerprint density at radius 2 is 1.74 bits per heavy atom. The van der Waals surface area contributed by atoms with E-state index in [0.717, 1.165) is 31.6 Å². The molecule has 2 aliphatic rings. The number of rotatable bonds is 2. The largest absolute Gasteiger partial charge is 0.494 e. The van der Waals surface area contributed by atoms with Gasteiger partial charge in [-0.15, -0.1) is 0 Å². The second-order valence-corrected chi connectivity index (χ2v) is 7.26. The molecule has 0 aromatic heterocycles. The molecule has 3 rings (SSSR count). The van der Waals surface area contributed by atoms with Crippen molar-refractivity contribution in [2.24, 2.45) is 0 Å². The summed E-state index contributed by atoms with van der Waals surface area (Å²) < 4.78 is 12.1. The summed E-state index contributed by atoms with van der Waals surface area (Å²) in [5.41, 5.74) is 0.829. The molecule has 2 heterocycles. The van der Waals surface area contributed by atoms with Crippen molar-refractivity contribution in [1.29, 1.82) is 0 Å². The molecule has 1 amide bonds. The highest BCUT2D eigenvalue weighted by molar-refractivity contribution is 6.62. The molecule has 0 saturated carbocycles. The maximum absolute atomic E-state index is 12.6. The Labute approximate surface area is 138 Å². The standard InChI is InChI=1S/C17H25BN2O3/c1-16(2)17(3,4)23-18(22-16)14-7-5-6-13(12-14)15(21)20-10-8-19-9-11-20/h5-7,12,19H,8-11H2,1-4H3. The van der Waals surface area contributed by atoms with Gasteiger partial charge in [0, 0.05) is 31.7 Å². The van der Waals surface area contributed by atoms with E-state index in [-0.39, 0.29) is 17.1 Å². The Morgan fingerprint density at radius 3 is 2.35 bits per heavy atom. The minimum absolute atomic E-state index is 0.0740. The number of amides is 1. The molecule has 0 atom stereocenters. The van der Waals surface area contributed by atoms with Gasteiger partial charge in [-0.1, -0.05) is 12.1 Å². The fraction of sp³-hybridized carbons (Fsp3) is 0.588. The van der Waals surface area contributed by atoms with Crippen molar-refractivity contribution in [2.75, 3.05) is 26.2 Å². The van der Waals surface area contributed by atoms with Crippen LogP contribution in [0.1, 0.15) is 38.1 Å². The first kappa shape index (κ1) is 16.5. The van der Waals surface area contributed by atoms with Crippen molar-refractivity contribution in [3.05, 3.63) is 29.8 Å². The molecular formula is C17H25BN2O3. The summed E-state index contributed by atoms with van der Waals surface area (Å²) >= 11 is 0. The molecule has 124 valence electrons. The predicted molar refractivity (Wildman–Crippen MR) is 90.9 cm³/mol. The molecule has 1 aromatic carbocycles. The van der Waals surface area contributed by atoms with Crippen LogP contribution in [-0.4, -0.2) is 55.3 Å². The summed E-state index contributed by atoms with van der Waals surface area (Å²) in [6.07, 6.45) is 0. The summed E-state index contributed by atoms with van der Waals surface area (Å²) in [6, 6.07) is 7.61. The van der Waals surface area contributed by atoms with E-state index in [0.29, 0.717) is 5.56 Å². The summed E-state index contributed by atoms with van der Waals surface area (Å²) in [6.45, 7) is 11.3. The fourth-order valence-corrected chi connectivity index (χ4v) is 2.85. The number of nitrogens with zero attached hydrogens (tertiary/aromatic N) is 1. The first-order valence-corrected chi connectivity index (χ1v) is 8.26. The van der Waals surface area contributed by atoms with E-state index in [9.17, 15) is 4.79 Å². The number of piperazine rings is 1. The number of nitrogens with one attached hydrogen (secondary N) is 1. The number of carbonyl (C=O) groups excluding carboxylic acids is 1. The van der Waals surface area contributed by atoms with E-state index in [4.69, 9.17) is 9.31 Å². The molecule has 2 aliphatic heterocycles. The maximum Gasteiger partial charge on any atom is 0.494 e. The lowest BCUT2D eigenvalue weighted by atomic mass is 9.78. The highest BCUT2D eigenvalue weighted by Crippen LogP contribution is 2.36. The van der Waals surface area contributed by atoms with E-state index in [1.54, 1.807) is 0 Å². The average Bonchev–Trinajstić information content (AvgIpc) is 2.76. The molecule has 0 unspecified atom stereocenters. The minimum Gasteiger partial charge on any atom is -0.399 e. The first-order valence-electron chi connectivity index (χ1n) is 8.26. The monoisotopic (exact) mass is 316 g/mol. The van der Waals surface area contributed by atoms with Crippen LogP contribution in [0, 0.1) is 0 Å². The minimum atomic E-state index is -0.434. The zero-order chi connectivity index (χ0) is 16.7. The summed E-state index contributed by atoms with van der Waals surface area (Å²) in [5, 5.41) is 3.26. The number of hydrogen-bond acceptors (Lipinski definition) is 4. The lowest BCUT2D eigenvalue weighted by Gasteiger charge is -2.32. The summed E-state index contributed by atoms with van der Waals surface area (Å²) in [5.74, 6) is 0.0740. The van der Waals surface area contributed by atoms with Gasteiger partial charge in [0.25, 0.3) is 5.91 Å². The Balaban J connectivity index is 1.79. The van der Waals surface area contributed by atoms with E-state index in [2.05, 4.69) is 5.32 Å². The van der Waals surface area contributed by atoms with Crippen LogP contribution in [0.5, 0.6) is 0 Å². The molecule has 2 fully saturated rings. The lowest BCUT2D eigenvalue weighted by molar-refractivity contribution is 0.00578. The van der Waals surface area contributed by atoms with Gasteiger partial charge in [-0.2, -0.15) is 0 Å². The van der Waals surface area contributed by atoms with Gasteiger partial charge in [0.05, 0.1) is 11.2 Å². The predicted octanol–water partition coefficient (Wildman–Crippen LogP) is 1.03. The van der Waals surface area contributed by atoms with Gasteiger partial charge in [0.1, 0.15) is 0 Å². The number of carbonyl (C=O) groups is 1. The normalized spacial score (nSPS) is 23.1. The Hall–Kier alpha value is -1.37. The topological polar surface area (TPSA) is 50.8 Å². The van der Waals surface area contributed by atoms with E-state index < -0.39 is 7.12 Å². The van der Waals surface area contributed by atoms with Crippen LogP contribution in [0.15, 0.2) is 24.3 Å². The van der Waals surface area contributed by atoms with Gasteiger partial charge in [-0.05, 0) is 45.3 Å². The second-order valence-electron chi connectivity index (χ2n) is 7.26. The average molecular weight is 316 g/mol. The molecule has 2 saturated heterocycles. The van der Waals surface area contributed by atoms with Gasteiger partial charge in [0.2, 0.25) is 0 Å². The Morgan fingerprint density at radius 1 is 1.13 bits per heavy atom. The third kappa shape index (κ3) is 3.16. The van der Waals surface area contributed by atoms with Gasteiger partial charge in [-0.3, -0.25) is 4.79 Å². The van der Waals surface area contributed by atoms with Crippen LogP contribution < -0.4 is 10.8 Å². The molecule has 0 aliphatic carbocycles. The molecule has 0 bridgehead atoms. The highest BCUT2D eigenvalue weighted by atomic mass is 16.7. The molecule has 5 nitrogen and oxygen atoms in total. The molecular weight excluding hydrogens is 291 g/mol. The van der Waals surface area contributed by atoms with Crippen molar-refractivity contribution >= 4 is 18.5 Å². The fourth-order valence-electron chi connectivity index (χ4n) is 2.85. The molecule has 1 N–H and O–H groups in total. The number of benzene rings is 1. The quantitative estimate of drug-likeness (QED) is 0.828. The molecule has 23 heavy (non-hydrogen) atoms. The maximum atomic E-state index is 12.6. The van der Waals surface area contributed by atoms with Crippen LogP contribution in [0.3, 0.4) is 0 Å². The zero-order valence-electron chi connectivity index (χ0n) is 14.4. The van der Waals surface area contributed by atoms with Crippen molar-refractivity contribution in [1.82, 2.24) is 10.2 Å². The third-order valence-corrected chi connectivity index (χ3v) is 5.06. The van der Waals surface area contributed by atoms with Crippen molar-refractivity contribution in [3.63, 3.8) is 0 Å². The molecule has 6 heteroatoms. The van der Waals surface area contributed by atoms with Gasteiger partial charge in [0.15, 0.2) is 0 Å². The summed E-state index contributed by atoms with van der Waals surface area (Å²) in [7, 11) is -0.434.